The average molecular weight is 413 g/mol. The second-order valence-corrected chi connectivity index (χ2v) is 6.75. The van der Waals surface area contributed by atoms with Gasteiger partial charge in [0.15, 0.2) is 11.5 Å². The first-order valence-electron chi connectivity index (χ1n) is 8.46. The molecule has 0 saturated carbocycles. The van der Waals surface area contributed by atoms with E-state index in [1.807, 2.05) is 18.2 Å². The van der Waals surface area contributed by atoms with E-state index in [4.69, 9.17) is 14.2 Å². The number of phenolic OH excluding ortho intramolecular Hbond substituents is 1. The van der Waals surface area contributed by atoms with Gasteiger partial charge in [-0.1, -0.05) is 23.5 Å². The molecule has 0 atom stereocenters. The summed E-state index contributed by atoms with van der Waals surface area (Å²) in [4.78, 5) is 12.2. The molecule has 0 radical (unpaired) electrons. The summed E-state index contributed by atoms with van der Waals surface area (Å²) in [7, 11) is 4.65. The Hall–Kier alpha value is -3.59. The van der Waals surface area contributed by atoms with Crippen LogP contribution in [0.15, 0.2) is 36.4 Å². The molecule has 3 aromatic rings. The first-order chi connectivity index (χ1) is 14.0. The lowest BCUT2D eigenvalue weighted by atomic mass is 10.1. The van der Waals surface area contributed by atoms with Crippen LogP contribution in [0.4, 0.5) is 5.13 Å². The van der Waals surface area contributed by atoms with Gasteiger partial charge in [-0.05, 0) is 42.0 Å². The van der Waals surface area contributed by atoms with Crippen LogP contribution in [0.1, 0.15) is 20.9 Å². The Morgan fingerprint density at radius 1 is 1.03 bits per heavy atom. The molecule has 8 nitrogen and oxygen atoms in total. The number of carbonyl (C=O) groups is 1. The van der Waals surface area contributed by atoms with Gasteiger partial charge in [0, 0.05) is 5.56 Å². The molecule has 29 heavy (non-hydrogen) atoms. The molecule has 150 valence electrons. The van der Waals surface area contributed by atoms with Crippen molar-refractivity contribution < 1.29 is 24.1 Å². The first-order valence-corrected chi connectivity index (χ1v) is 9.27. The standard InChI is InChI=1S/C20H19N3O5S/c1-26-15-9-12(10-16(27-2)18(15)28-3)7-8-17-22-23-20(29-17)21-19(25)13-5-4-6-14(24)11-13/h4-11,24H,1-3H3,(H,21,23,25)/b8-7+. The van der Waals surface area contributed by atoms with Crippen LogP contribution in [-0.2, 0) is 0 Å². The molecule has 0 aliphatic carbocycles. The molecular formula is C20H19N3O5S. The Morgan fingerprint density at radius 2 is 1.76 bits per heavy atom. The van der Waals surface area contributed by atoms with E-state index in [1.54, 1.807) is 39.5 Å². The van der Waals surface area contributed by atoms with Gasteiger partial charge in [-0.2, -0.15) is 0 Å². The van der Waals surface area contributed by atoms with Gasteiger partial charge in [-0.15, -0.1) is 10.2 Å². The monoisotopic (exact) mass is 413 g/mol. The van der Waals surface area contributed by atoms with Crippen LogP contribution >= 0.6 is 11.3 Å². The Bertz CT molecular complexity index is 1020. The van der Waals surface area contributed by atoms with Crippen molar-refractivity contribution in [3.63, 3.8) is 0 Å². The number of rotatable bonds is 7. The van der Waals surface area contributed by atoms with Gasteiger partial charge in [-0.3, -0.25) is 10.1 Å². The fraction of sp³-hybridized carbons (Fsp3) is 0.150. The summed E-state index contributed by atoms with van der Waals surface area (Å²) in [5.41, 5.74) is 1.15. The van der Waals surface area contributed by atoms with Crippen LogP contribution in [0.5, 0.6) is 23.0 Å². The molecule has 0 bridgehead atoms. The second-order valence-electron chi connectivity index (χ2n) is 5.74. The van der Waals surface area contributed by atoms with Crippen molar-refractivity contribution in [2.45, 2.75) is 0 Å². The van der Waals surface area contributed by atoms with Crippen LogP contribution in [0.2, 0.25) is 0 Å². The van der Waals surface area contributed by atoms with Crippen molar-refractivity contribution in [2.24, 2.45) is 0 Å². The third-order valence-corrected chi connectivity index (χ3v) is 4.68. The molecule has 1 aromatic heterocycles. The summed E-state index contributed by atoms with van der Waals surface area (Å²) >= 11 is 1.22. The summed E-state index contributed by atoms with van der Waals surface area (Å²) < 4.78 is 16.0. The maximum Gasteiger partial charge on any atom is 0.257 e. The molecule has 0 saturated heterocycles. The number of phenols is 1. The molecule has 2 N–H and O–H groups in total. The smallest absolute Gasteiger partial charge is 0.257 e. The number of amides is 1. The first kappa shape index (κ1) is 20.2. The summed E-state index contributed by atoms with van der Waals surface area (Å²) in [6.45, 7) is 0. The number of aromatic hydroxyl groups is 1. The number of aromatic nitrogens is 2. The third-order valence-electron chi connectivity index (χ3n) is 3.87. The van der Waals surface area contributed by atoms with Crippen LogP contribution in [-0.4, -0.2) is 42.5 Å². The van der Waals surface area contributed by atoms with Gasteiger partial charge in [0.05, 0.1) is 21.3 Å². The second kappa shape index (κ2) is 9.07. The Labute approximate surface area is 171 Å². The minimum Gasteiger partial charge on any atom is -0.508 e. The van der Waals surface area contributed by atoms with E-state index < -0.39 is 0 Å². The molecule has 3 rings (SSSR count). The Balaban J connectivity index is 1.74. The van der Waals surface area contributed by atoms with Gasteiger partial charge in [0.2, 0.25) is 10.9 Å². The molecule has 0 aliphatic rings. The van der Waals surface area contributed by atoms with Crippen molar-refractivity contribution in [3.05, 3.63) is 52.5 Å². The highest BCUT2D eigenvalue weighted by Crippen LogP contribution is 2.38. The number of hydrogen-bond acceptors (Lipinski definition) is 8. The predicted molar refractivity (Wildman–Crippen MR) is 111 cm³/mol. The molecule has 9 heteroatoms. The van der Waals surface area contributed by atoms with Crippen molar-refractivity contribution in [1.82, 2.24) is 10.2 Å². The number of carbonyl (C=O) groups excluding carboxylic acids is 1. The molecule has 2 aromatic carbocycles. The van der Waals surface area contributed by atoms with Gasteiger partial charge in [-0.25, -0.2) is 0 Å². The number of benzene rings is 2. The zero-order valence-corrected chi connectivity index (χ0v) is 16.8. The molecule has 0 unspecified atom stereocenters. The number of nitrogens with one attached hydrogen (secondary N) is 1. The molecular weight excluding hydrogens is 394 g/mol. The zero-order chi connectivity index (χ0) is 20.8. The van der Waals surface area contributed by atoms with Gasteiger partial charge >= 0.3 is 0 Å². The van der Waals surface area contributed by atoms with Crippen LogP contribution < -0.4 is 19.5 Å². The van der Waals surface area contributed by atoms with Gasteiger partial charge in [0.25, 0.3) is 5.91 Å². The highest BCUT2D eigenvalue weighted by molar-refractivity contribution is 7.16. The van der Waals surface area contributed by atoms with Crippen LogP contribution in [0.25, 0.3) is 12.2 Å². The quantitative estimate of drug-likeness (QED) is 0.609. The number of methoxy groups -OCH3 is 3. The number of hydrogen-bond donors (Lipinski definition) is 2. The summed E-state index contributed by atoms with van der Waals surface area (Å²) in [5.74, 6) is 1.24. The van der Waals surface area contributed by atoms with E-state index in [9.17, 15) is 9.90 Å². The molecule has 0 spiro atoms. The van der Waals surface area contributed by atoms with E-state index in [1.165, 1.54) is 23.5 Å². The normalized spacial score (nSPS) is 10.7. The van der Waals surface area contributed by atoms with E-state index in [0.717, 1.165) is 5.56 Å². The van der Waals surface area contributed by atoms with E-state index in [-0.39, 0.29) is 11.7 Å². The van der Waals surface area contributed by atoms with Crippen molar-refractivity contribution in [1.29, 1.82) is 0 Å². The Kier molecular flexibility index (Phi) is 6.30. The molecule has 1 amide bonds. The summed E-state index contributed by atoms with van der Waals surface area (Å²) in [5, 5.41) is 21.1. The van der Waals surface area contributed by atoms with E-state index >= 15 is 0 Å². The van der Waals surface area contributed by atoms with Crippen molar-refractivity contribution in [2.75, 3.05) is 26.6 Å². The minimum absolute atomic E-state index is 0.0175. The molecule has 0 fully saturated rings. The van der Waals surface area contributed by atoms with Crippen molar-refractivity contribution >= 4 is 34.5 Å². The van der Waals surface area contributed by atoms with Gasteiger partial charge in [0.1, 0.15) is 10.8 Å². The lowest BCUT2D eigenvalue weighted by Gasteiger charge is -2.12. The predicted octanol–water partition coefficient (Wildman–Crippen LogP) is 3.69. The number of anilines is 1. The van der Waals surface area contributed by atoms with Crippen molar-refractivity contribution in [3.8, 4) is 23.0 Å². The summed E-state index contributed by atoms with van der Waals surface area (Å²) in [6.07, 6.45) is 3.59. The number of ether oxygens (including phenoxy) is 3. The lowest BCUT2D eigenvalue weighted by molar-refractivity contribution is 0.102. The maximum atomic E-state index is 12.2. The highest BCUT2D eigenvalue weighted by atomic mass is 32.1. The highest BCUT2D eigenvalue weighted by Gasteiger charge is 2.13. The summed E-state index contributed by atoms with van der Waals surface area (Å²) in [6, 6.07) is 9.68. The zero-order valence-electron chi connectivity index (χ0n) is 16.0. The van der Waals surface area contributed by atoms with E-state index in [2.05, 4.69) is 15.5 Å². The number of nitrogens with zero attached hydrogens (tertiary/aromatic N) is 2. The van der Waals surface area contributed by atoms with Crippen LogP contribution in [0, 0.1) is 0 Å². The average Bonchev–Trinajstić information content (AvgIpc) is 3.18. The molecule has 1 heterocycles. The largest absolute Gasteiger partial charge is 0.508 e. The maximum absolute atomic E-state index is 12.2. The van der Waals surface area contributed by atoms with Crippen LogP contribution in [0.3, 0.4) is 0 Å². The fourth-order valence-corrected chi connectivity index (χ4v) is 3.18. The fourth-order valence-electron chi connectivity index (χ4n) is 2.53. The lowest BCUT2D eigenvalue weighted by Crippen LogP contribution is -2.11. The minimum atomic E-state index is -0.378. The SMILES string of the molecule is COc1cc(/C=C/c2nnc(NC(=O)c3cccc(O)c3)s2)cc(OC)c1OC. The third kappa shape index (κ3) is 4.82. The molecule has 0 aliphatic heterocycles. The topological polar surface area (TPSA) is 103 Å². The van der Waals surface area contributed by atoms with Gasteiger partial charge < -0.3 is 19.3 Å². The van der Waals surface area contributed by atoms with E-state index in [0.29, 0.717) is 33.0 Å². The Morgan fingerprint density at radius 3 is 2.38 bits per heavy atom.